The van der Waals surface area contributed by atoms with Crippen molar-refractivity contribution in [3.05, 3.63) is 53.6 Å². The average molecular weight is 270 g/mol. The van der Waals surface area contributed by atoms with E-state index in [0.717, 1.165) is 19.3 Å². The van der Waals surface area contributed by atoms with Crippen LogP contribution in [0.1, 0.15) is 47.4 Å². The molecule has 3 rings (SSSR count). The molecule has 0 fully saturated rings. The van der Waals surface area contributed by atoms with Gasteiger partial charge in [-0.05, 0) is 37.3 Å². The summed E-state index contributed by atoms with van der Waals surface area (Å²) in [5, 5.41) is 0. The van der Waals surface area contributed by atoms with Gasteiger partial charge >= 0.3 is 5.97 Å². The predicted molar refractivity (Wildman–Crippen MR) is 75.7 cm³/mol. The SMILES string of the molecule is CCOC(=O)c1cncn1[C@@H]1CCCc2ccccc21. The number of benzene rings is 1. The van der Waals surface area contributed by atoms with Crippen molar-refractivity contribution in [3.8, 4) is 0 Å². The third-order valence-electron chi connectivity index (χ3n) is 3.82. The van der Waals surface area contributed by atoms with Crippen LogP contribution in [0.3, 0.4) is 0 Å². The highest BCUT2D eigenvalue weighted by molar-refractivity contribution is 5.87. The van der Waals surface area contributed by atoms with Gasteiger partial charge in [0, 0.05) is 0 Å². The number of carbonyl (C=O) groups excluding carboxylic acids is 1. The van der Waals surface area contributed by atoms with Crippen LogP contribution >= 0.6 is 0 Å². The minimum Gasteiger partial charge on any atom is -0.461 e. The van der Waals surface area contributed by atoms with E-state index >= 15 is 0 Å². The van der Waals surface area contributed by atoms with E-state index in [4.69, 9.17) is 4.74 Å². The van der Waals surface area contributed by atoms with Crippen LogP contribution in [-0.2, 0) is 11.2 Å². The number of esters is 1. The van der Waals surface area contributed by atoms with E-state index in [-0.39, 0.29) is 12.0 Å². The number of hydrogen-bond donors (Lipinski definition) is 0. The maximum atomic E-state index is 12.0. The zero-order valence-corrected chi connectivity index (χ0v) is 11.6. The summed E-state index contributed by atoms with van der Waals surface area (Å²) in [4.78, 5) is 16.1. The van der Waals surface area contributed by atoms with Gasteiger partial charge in [-0.2, -0.15) is 0 Å². The number of imidazole rings is 1. The highest BCUT2D eigenvalue weighted by atomic mass is 16.5. The van der Waals surface area contributed by atoms with E-state index in [9.17, 15) is 4.79 Å². The molecule has 0 bridgehead atoms. The minimum atomic E-state index is -0.298. The summed E-state index contributed by atoms with van der Waals surface area (Å²) in [6.45, 7) is 2.19. The molecule has 1 aromatic heterocycles. The van der Waals surface area contributed by atoms with Crippen LogP contribution in [0.5, 0.6) is 0 Å². The van der Waals surface area contributed by atoms with Crippen LogP contribution in [0.25, 0.3) is 0 Å². The summed E-state index contributed by atoms with van der Waals surface area (Å²) in [6.07, 6.45) is 6.59. The fraction of sp³-hybridized carbons (Fsp3) is 0.375. The molecule has 2 aromatic rings. The molecule has 1 aliphatic rings. The second kappa shape index (κ2) is 5.49. The Labute approximate surface area is 118 Å². The first-order valence-electron chi connectivity index (χ1n) is 7.08. The van der Waals surface area contributed by atoms with Gasteiger partial charge in [0.15, 0.2) is 0 Å². The van der Waals surface area contributed by atoms with Gasteiger partial charge in [-0.3, -0.25) is 0 Å². The largest absolute Gasteiger partial charge is 0.461 e. The maximum Gasteiger partial charge on any atom is 0.356 e. The molecular weight excluding hydrogens is 252 g/mol. The van der Waals surface area contributed by atoms with Crippen molar-refractivity contribution >= 4 is 5.97 Å². The van der Waals surface area contributed by atoms with E-state index in [1.807, 2.05) is 11.5 Å². The molecule has 4 nitrogen and oxygen atoms in total. The van der Waals surface area contributed by atoms with Crippen molar-refractivity contribution in [1.82, 2.24) is 9.55 Å². The number of ether oxygens (including phenoxy) is 1. The molecule has 1 heterocycles. The van der Waals surface area contributed by atoms with Crippen LogP contribution < -0.4 is 0 Å². The molecule has 0 radical (unpaired) electrons. The van der Waals surface area contributed by atoms with Crippen LogP contribution in [0.4, 0.5) is 0 Å². The van der Waals surface area contributed by atoms with Crippen molar-refractivity contribution in [1.29, 1.82) is 0 Å². The fourth-order valence-corrected chi connectivity index (χ4v) is 2.93. The molecule has 0 saturated heterocycles. The Kier molecular flexibility index (Phi) is 3.54. The molecule has 20 heavy (non-hydrogen) atoms. The molecule has 0 unspecified atom stereocenters. The van der Waals surface area contributed by atoms with Gasteiger partial charge in [-0.25, -0.2) is 9.78 Å². The summed E-state index contributed by atoms with van der Waals surface area (Å²) < 4.78 is 7.06. The van der Waals surface area contributed by atoms with E-state index in [2.05, 4.69) is 29.2 Å². The Bertz CT molecular complexity index is 618. The topological polar surface area (TPSA) is 44.1 Å². The Morgan fingerprint density at radius 2 is 2.30 bits per heavy atom. The summed E-state index contributed by atoms with van der Waals surface area (Å²) in [5.41, 5.74) is 3.20. The zero-order valence-electron chi connectivity index (χ0n) is 11.6. The first kappa shape index (κ1) is 12.9. The highest BCUT2D eigenvalue weighted by Crippen LogP contribution is 2.33. The van der Waals surface area contributed by atoms with Gasteiger partial charge in [0.2, 0.25) is 0 Å². The monoisotopic (exact) mass is 270 g/mol. The molecule has 1 atom stereocenters. The zero-order chi connectivity index (χ0) is 13.9. The molecule has 4 heteroatoms. The minimum absolute atomic E-state index is 0.182. The molecule has 0 aliphatic heterocycles. The molecule has 0 spiro atoms. The number of fused-ring (bicyclic) bond motifs is 1. The van der Waals surface area contributed by atoms with Gasteiger partial charge in [0.25, 0.3) is 0 Å². The van der Waals surface area contributed by atoms with Crippen molar-refractivity contribution in [3.63, 3.8) is 0 Å². The van der Waals surface area contributed by atoms with Gasteiger partial charge in [-0.1, -0.05) is 24.3 Å². The van der Waals surface area contributed by atoms with E-state index in [1.54, 1.807) is 12.5 Å². The van der Waals surface area contributed by atoms with Crippen LogP contribution in [0, 0.1) is 0 Å². The van der Waals surface area contributed by atoms with Crippen LogP contribution in [-0.4, -0.2) is 22.1 Å². The quantitative estimate of drug-likeness (QED) is 0.805. The number of aryl methyl sites for hydroxylation is 1. The average Bonchev–Trinajstić information content (AvgIpc) is 2.96. The Morgan fingerprint density at radius 1 is 1.45 bits per heavy atom. The van der Waals surface area contributed by atoms with Gasteiger partial charge in [-0.15, -0.1) is 0 Å². The lowest BCUT2D eigenvalue weighted by Crippen LogP contribution is -2.21. The molecule has 1 aromatic carbocycles. The third-order valence-corrected chi connectivity index (χ3v) is 3.82. The molecular formula is C16H18N2O2. The summed E-state index contributed by atoms with van der Waals surface area (Å²) >= 11 is 0. The Balaban J connectivity index is 1.99. The smallest absolute Gasteiger partial charge is 0.356 e. The lowest BCUT2D eigenvalue weighted by atomic mass is 9.87. The normalized spacial score (nSPS) is 17.6. The fourth-order valence-electron chi connectivity index (χ4n) is 2.93. The van der Waals surface area contributed by atoms with Crippen LogP contribution in [0.2, 0.25) is 0 Å². The van der Waals surface area contributed by atoms with Crippen molar-refractivity contribution in [2.45, 2.75) is 32.2 Å². The lowest BCUT2D eigenvalue weighted by molar-refractivity contribution is 0.0512. The lowest BCUT2D eigenvalue weighted by Gasteiger charge is -2.27. The number of nitrogens with zero attached hydrogens (tertiary/aromatic N) is 2. The molecule has 1 aliphatic carbocycles. The first-order chi connectivity index (χ1) is 9.81. The summed E-state index contributed by atoms with van der Waals surface area (Å²) in [6, 6.07) is 8.62. The van der Waals surface area contributed by atoms with E-state index < -0.39 is 0 Å². The highest BCUT2D eigenvalue weighted by Gasteiger charge is 2.25. The molecule has 104 valence electrons. The van der Waals surface area contributed by atoms with Crippen LogP contribution in [0.15, 0.2) is 36.8 Å². The second-order valence-corrected chi connectivity index (χ2v) is 5.01. The van der Waals surface area contributed by atoms with Crippen molar-refractivity contribution in [2.75, 3.05) is 6.61 Å². The Hall–Kier alpha value is -2.10. The molecule has 0 amide bonds. The number of carbonyl (C=O) groups is 1. The molecule has 0 N–H and O–H groups in total. The standard InChI is InChI=1S/C16H18N2O2/c1-2-20-16(19)15-10-17-11-18(15)14-9-5-7-12-6-3-4-8-13(12)14/h3-4,6,8,10-11,14H,2,5,7,9H2,1H3/t14-/m1/s1. The Morgan fingerprint density at radius 3 is 3.15 bits per heavy atom. The number of rotatable bonds is 3. The van der Waals surface area contributed by atoms with Gasteiger partial charge < -0.3 is 9.30 Å². The van der Waals surface area contributed by atoms with E-state index in [0.29, 0.717) is 12.3 Å². The van der Waals surface area contributed by atoms with Crippen molar-refractivity contribution in [2.24, 2.45) is 0 Å². The van der Waals surface area contributed by atoms with E-state index in [1.165, 1.54) is 11.1 Å². The third kappa shape index (κ3) is 2.22. The van der Waals surface area contributed by atoms with Crippen molar-refractivity contribution < 1.29 is 9.53 Å². The summed E-state index contributed by atoms with van der Waals surface area (Å²) in [5.74, 6) is -0.298. The predicted octanol–water partition coefficient (Wildman–Crippen LogP) is 2.99. The maximum absolute atomic E-state index is 12.0. The van der Waals surface area contributed by atoms with Gasteiger partial charge in [0.05, 0.1) is 25.2 Å². The molecule has 0 saturated carbocycles. The summed E-state index contributed by atoms with van der Waals surface area (Å²) in [7, 11) is 0. The number of hydrogen-bond acceptors (Lipinski definition) is 3. The number of aromatic nitrogens is 2. The first-order valence-corrected chi connectivity index (χ1v) is 7.08. The second-order valence-electron chi connectivity index (χ2n) is 5.01. The van der Waals surface area contributed by atoms with Gasteiger partial charge in [0.1, 0.15) is 5.69 Å².